The van der Waals surface area contributed by atoms with Crippen LogP contribution in [0.2, 0.25) is 0 Å². The molecule has 30 heavy (non-hydrogen) atoms. The number of benzene rings is 2. The fourth-order valence-corrected chi connectivity index (χ4v) is 5.38. The van der Waals surface area contributed by atoms with E-state index in [0.717, 1.165) is 47.8 Å². The number of unbranched alkanes of at least 4 members (excludes halogenated alkanes) is 1. The Morgan fingerprint density at radius 3 is 2.53 bits per heavy atom. The highest BCUT2D eigenvalue weighted by atomic mass is 32.2. The van der Waals surface area contributed by atoms with Crippen molar-refractivity contribution in [2.24, 2.45) is 5.41 Å². The molecule has 0 spiro atoms. The van der Waals surface area contributed by atoms with Crippen molar-refractivity contribution in [3.8, 4) is 5.75 Å². The van der Waals surface area contributed by atoms with E-state index in [1.54, 1.807) is 18.9 Å². The maximum absolute atomic E-state index is 13.6. The van der Waals surface area contributed by atoms with Crippen LogP contribution in [0.25, 0.3) is 0 Å². The van der Waals surface area contributed by atoms with Gasteiger partial charge in [-0.1, -0.05) is 26.7 Å². The van der Waals surface area contributed by atoms with Crippen molar-refractivity contribution in [1.29, 1.82) is 0 Å². The quantitative estimate of drug-likeness (QED) is 0.471. The highest BCUT2D eigenvalue weighted by Gasteiger charge is 2.36. The molecule has 3 rings (SSSR count). The molecule has 162 valence electrons. The van der Waals surface area contributed by atoms with Crippen LogP contribution in [0.3, 0.4) is 0 Å². The van der Waals surface area contributed by atoms with Gasteiger partial charge in [-0.25, -0.2) is 9.18 Å². The van der Waals surface area contributed by atoms with Crippen molar-refractivity contribution < 1.29 is 18.7 Å². The van der Waals surface area contributed by atoms with Gasteiger partial charge in [-0.2, -0.15) is 0 Å². The zero-order chi connectivity index (χ0) is 21.7. The topological polar surface area (TPSA) is 38.8 Å². The van der Waals surface area contributed by atoms with Crippen LogP contribution in [0.15, 0.2) is 41.3 Å². The zero-order valence-electron chi connectivity index (χ0n) is 18.2. The number of ether oxygens (including phenoxy) is 2. The van der Waals surface area contributed by atoms with Crippen LogP contribution in [0.5, 0.6) is 5.75 Å². The SMILES string of the molecule is CCCCC1(CC)CSc2cc(C(=O)OC)c(OC)cc2N(c2ccc(F)cc2)C1. The second-order valence-electron chi connectivity index (χ2n) is 7.82. The average molecular weight is 432 g/mol. The van der Waals surface area contributed by atoms with Gasteiger partial charge in [0.1, 0.15) is 17.1 Å². The third-order valence-corrected chi connectivity index (χ3v) is 7.35. The number of carbonyl (C=O) groups excluding carboxylic acids is 1. The summed E-state index contributed by atoms with van der Waals surface area (Å²) in [5.41, 5.74) is 2.44. The maximum Gasteiger partial charge on any atom is 0.341 e. The summed E-state index contributed by atoms with van der Waals surface area (Å²) in [5.74, 6) is 0.766. The lowest BCUT2D eigenvalue weighted by atomic mass is 9.81. The lowest BCUT2D eigenvalue weighted by Gasteiger charge is -2.36. The Kier molecular flexibility index (Phi) is 7.29. The fourth-order valence-electron chi connectivity index (χ4n) is 3.96. The first-order valence-electron chi connectivity index (χ1n) is 10.4. The minimum absolute atomic E-state index is 0.118. The van der Waals surface area contributed by atoms with E-state index < -0.39 is 5.97 Å². The molecule has 1 aliphatic heterocycles. The Balaban J connectivity index is 2.15. The van der Waals surface area contributed by atoms with Gasteiger partial charge in [-0.3, -0.25) is 0 Å². The van der Waals surface area contributed by atoms with Gasteiger partial charge >= 0.3 is 5.97 Å². The molecule has 0 fully saturated rings. The number of halogens is 1. The van der Waals surface area contributed by atoms with Gasteiger partial charge in [-0.05, 0) is 48.6 Å². The highest BCUT2D eigenvalue weighted by Crippen LogP contribution is 2.48. The lowest BCUT2D eigenvalue weighted by molar-refractivity contribution is 0.0597. The molecular formula is C24H30FNO3S. The largest absolute Gasteiger partial charge is 0.496 e. The summed E-state index contributed by atoms with van der Waals surface area (Å²) >= 11 is 1.78. The summed E-state index contributed by atoms with van der Waals surface area (Å²) in [6.45, 7) is 5.29. The standard InChI is InChI=1S/C24H30FNO3S/c1-5-7-12-24(6-2)15-26(18-10-8-17(25)9-11-18)20-14-21(28-3)19(23(27)29-4)13-22(20)30-16-24/h8-11,13-14H,5-7,12,15-16H2,1-4H3. The molecule has 2 aromatic rings. The molecule has 0 N–H and O–H groups in total. The normalized spacial score (nSPS) is 18.5. The first-order valence-corrected chi connectivity index (χ1v) is 11.4. The molecule has 1 heterocycles. The number of rotatable bonds is 7. The summed E-state index contributed by atoms with van der Waals surface area (Å²) < 4.78 is 24.1. The van der Waals surface area contributed by atoms with E-state index in [2.05, 4.69) is 18.7 Å². The van der Waals surface area contributed by atoms with E-state index in [4.69, 9.17) is 9.47 Å². The summed E-state index contributed by atoms with van der Waals surface area (Å²) in [6, 6.07) is 10.4. The van der Waals surface area contributed by atoms with Gasteiger partial charge in [-0.15, -0.1) is 11.8 Å². The first kappa shape index (κ1) is 22.5. The number of fused-ring (bicyclic) bond motifs is 1. The highest BCUT2D eigenvalue weighted by molar-refractivity contribution is 7.99. The lowest BCUT2D eigenvalue weighted by Crippen LogP contribution is -2.36. The molecule has 2 aromatic carbocycles. The third-order valence-electron chi connectivity index (χ3n) is 5.95. The molecule has 0 bridgehead atoms. The van der Waals surface area contributed by atoms with Crippen molar-refractivity contribution in [3.05, 3.63) is 47.8 Å². The molecule has 0 saturated carbocycles. The van der Waals surface area contributed by atoms with Crippen LogP contribution in [-0.2, 0) is 4.74 Å². The molecule has 0 aliphatic carbocycles. The van der Waals surface area contributed by atoms with Gasteiger partial charge in [0, 0.05) is 28.9 Å². The van der Waals surface area contributed by atoms with Crippen molar-refractivity contribution in [2.75, 3.05) is 31.4 Å². The Morgan fingerprint density at radius 1 is 1.20 bits per heavy atom. The van der Waals surface area contributed by atoms with Gasteiger partial charge in [0.2, 0.25) is 0 Å². The van der Waals surface area contributed by atoms with Crippen LogP contribution in [-0.4, -0.2) is 32.5 Å². The monoisotopic (exact) mass is 431 g/mol. The number of anilines is 2. The van der Waals surface area contributed by atoms with E-state index in [1.165, 1.54) is 25.7 Å². The van der Waals surface area contributed by atoms with Crippen LogP contribution in [0, 0.1) is 11.2 Å². The van der Waals surface area contributed by atoms with Crippen LogP contribution in [0.4, 0.5) is 15.8 Å². The van der Waals surface area contributed by atoms with Crippen molar-refractivity contribution in [1.82, 2.24) is 0 Å². The van der Waals surface area contributed by atoms with E-state index >= 15 is 0 Å². The zero-order valence-corrected chi connectivity index (χ0v) is 19.0. The van der Waals surface area contributed by atoms with E-state index in [0.29, 0.717) is 11.3 Å². The minimum atomic E-state index is -0.416. The summed E-state index contributed by atoms with van der Waals surface area (Å²) in [5, 5.41) is 0. The molecule has 0 aromatic heterocycles. The molecule has 6 heteroatoms. The molecule has 1 aliphatic rings. The summed E-state index contributed by atoms with van der Waals surface area (Å²) in [4.78, 5) is 15.6. The number of hydrogen-bond acceptors (Lipinski definition) is 5. The van der Waals surface area contributed by atoms with Crippen LogP contribution in [0.1, 0.15) is 49.9 Å². The molecule has 0 amide bonds. The maximum atomic E-state index is 13.6. The molecular weight excluding hydrogens is 401 g/mol. The Bertz CT molecular complexity index is 887. The Morgan fingerprint density at radius 2 is 1.93 bits per heavy atom. The van der Waals surface area contributed by atoms with E-state index in [1.807, 2.05) is 24.3 Å². The number of carbonyl (C=O) groups is 1. The van der Waals surface area contributed by atoms with Crippen LogP contribution < -0.4 is 9.64 Å². The van der Waals surface area contributed by atoms with Crippen molar-refractivity contribution in [3.63, 3.8) is 0 Å². The first-order chi connectivity index (χ1) is 14.5. The van der Waals surface area contributed by atoms with Crippen molar-refractivity contribution >= 4 is 29.1 Å². The second kappa shape index (κ2) is 9.73. The van der Waals surface area contributed by atoms with Gasteiger partial charge in [0.15, 0.2) is 0 Å². The van der Waals surface area contributed by atoms with Gasteiger partial charge in [0.25, 0.3) is 0 Å². The molecule has 1 atom stereocenters. The number of nitrogens with zero attached hydrogens (tertiary/aromatic N) is 1. The molecule has 0 radical (unpaired) electrons. The summed E-state index contributed by atoms with van der Waals surface area (Å²) in [7, 11) is 2.93. The number of thioether (sulfide) groups is 1. The van der Waals surface area contributed by atoms with Gasteiger partial charge in [0.05, 0.1) is 19.9 Å². The molecule has 0 saturated heterocycles. The predicted octanol–water partition coefficient (Wildman–Crippen LogP) is 6.45. The number of hydrogen-bond donors (Lipinski definition) is 0. The summed E-state index contributed by atoms with van der Waals surface area (Å²) in [6.07, 6.45) is 4.49. The van der Waals surface area contributed by atoms with Crippen molar-refractivity contribution in [2.45, 2.75) is 44.4 Å². The van der Waals surface area contributed by atoms with E-state index in [9.17, 15) is 9.18 Å². The predicted molar refractivity (Wildman–Crippen MR) is 121 cm³/mol. The van der Waals surface area contributed by atoms with E-state index in [-0.39, 0.29) is 11.2 Å². The molecule has 4 nitrogen and oxygen atoms in total. The third kappa shape index (κ3) is 4.59. The average Bonchev–Trinajstić information content (AvgIpc) is 2.94. The number of esters is 1. The second-order valence-corrected chi connectivity index (χ2v) is 8.84. The van der Waals surface area contributed by atoms with Crippen LogP contribution >= 0.6 is 11.8 Å². The van der Waals surface area contributed by atoms with Gasteiger partial charge < -0.3 is 14.4 Å². The number of methoxy groups -OCH3 is 2. The fraction of sp³-hybridized carbons (Fsp3) is 0.458. The smallest absolute Gasteiger partial charge is 0.341 e. The Labute approximate surface area is 182 Å². The minimum Gasteiger partial charge on any atom is -0.496 e. The molecule has 1 unspecified atom stereocenters. The Hall–Kier alpha value is -2.21.